The smallest absolute Gasteiger partial charge is 0.231 e. The number of hydrogen-bond acceptors (Lipinski definition) is 8. The van der Waals surface area contributed by atoms with Gasteiger partial charge >= 0.3 is 0 Å². The van der Waals surface area contributed by atoms with Gasteiger partial charge in [0, 0.05) is 61.5 Å². The Hall–Kier alpha value is -4.18. The second-order valence-corrected chi connectivity index (χ2v) is 7.70. The maximum Gasteiger partial charge on any atom is 0.231 e. The van der Waals surface area contributed by atoms with Crippen molar-refractivity contribution in [3.8, 4) is 22.8 Å². The van der Waals surface area contributed by atoms with Crippen LogP contribution in [0.5, 0.6) is 11.5 Å². The number of nitrogens with two attached hydrogens (primary N) is 1. The minimum Gasteiger partial charge on any atom is -0.497 e. The summed E-state index contributed by atoms with van der Waals surface area (Å²) >= 11 is 0. The molecule has 0 aliphatic heterocycles. The molecule has 2 aromatic carbocycles. The number of methoxy groups -OCH3 is 2. The molecule has 176 valence electrons. The summed E-state index contributed by atoms with van der Waals surface area (Å²) in [6.45, 7) is 1.19. The third-order valence-corrected chi connectivity index (χ3v) is 5.30. The van der Waals surface area contributed by atoms with E-state index in [0.717, 1.165) is 33.7 Å². The summed E-state index contributed by atoms with van der Waals surface area (Å²) in [4.78, 5) is 22.6. The Morgan fingerprint density at radius 1 is 1.06 bits per heavy atom. The predicted octanol–water partition coefficient (Wildman–Crippen LogP) is 2.26. The summed E-state index contributed by atoms with van der Waals surface area (Å²) in [5.74, 6) is 0.936. The lowest BCUT2D eigenvalue weighted by Gasteiger charge is -2.26. The molecule has 0 saturated heterocycles. The third kappa shape index (κ3) is 5.24. The predicted molar refractivity (Wildman–Crippen MR) is 130 cm³/mol. The monoisotopic (exact) mass is 461 g/mol. The van der Waals surface area contributed by atoms with Gasteiger partial charge in [0.25, 0.3) is 0 Å². The lowest BCUT2D eigenvalue weighted by atomic mass is 10.2. The molecule has 2 heterocycles. The first kappa shape index (κ1) is 23.0. The van der Waals surface area contributed by atoms with E-state index < -0.39 is 5.91 Å². The quantitative estimate of drug-likeness (QED) is 0.345. The molecule has 0 aliphatic rings. The van der Waals surface area contributed by atoms with Crippen molar-refractivity contribution in [2.75, 3.05) is 38.8 Å². The number of ether oxygens (including phenoxy) is 2. The fourth-order valence-corrected chi connectivity index (χ4v) is 3.62. The Bertz CT molecular complexity index is 1280. The Labute approximate surface area is 197 Å². The van der Waals surface area contributed by atoms with Crippen molar-refractivity contribution in [1.29, 1.82) is 0 Å². The standard InChI is InChI=1S/C24H27N7O3/c1-30-15-16(12-28-30)23-13-27-21-5-4-17(10-22(21)29-23)31(7-6-26-14-24(25)32)18-8-19(33-2)11-20(9-18)34-3/h4-5,8-13,15,26H,6-7,14H2,1-3H3,(H2,25,32). The van der Waals surface area contributed by atoms with Crippen LogP contribution in [-0.4, -0.2) is 59.5 Å². The van der Waals surface area contributed by atoms with Gasteiger partial charge in [0.2, 0.25) is 5.91 Å². The van der Waals surface area contributed by atoms with Crippen molar-refractivity contribution in [3.63, 3.8) is 0 Å². The molecule has 0 bridgehead atoms. The lowest BCUT2D eigenvalue weighted by Crippen LogP contribution is -2.34. The minimum absolute atomic E-state index is 0.104. The van der Waals surface area contributed by atoms with Gasteiger partial charge < -0.3 is 25.4 Å². The van der Waals surface area contributed by atoms with Crippen LogP contribution in [0.3, 0.4) is 0 Å². The van der Waals surface area contributed by atoms with E-state index in [4.69, 9.17) is 20.2 Å². The molecule has 2 aromatic heterocycles. The van der Waals surface area contributed by atoms with Crippen molar-refractivity contribution in [2.45, 2.75) is 0 Å². The molecule has 3 N–H and O–H groups in total. The molecule has 10 heteroatoms. The second-order valence-electron chi connectivity index (χ2n) is 7.70. The van der Waals surface area contributed by atoms with Gasteiger partial charge in [-0.1, -0.05) is 0 Å². The zero-order valence-corrected chi connectivity index (χ0v) is 19.4. The summed E-state index contributed by atoms with van der Waals surface area (Å²) in [6.07, 6.45) is 5.41. The summed E-state index contributed by atoms with van der Waals surface area (Å²) in [7, 11) is 5.09. The number of hydrogen-bond donors (Lipinski definition) is 2. The van der Waals surface area contributed by atoms with Crippen LogP contribution in [0.2, 0.25) is 0 Å². The van der Waals surface area contributed by atoms with Gasteiger partial charge in [-0.2, -0.15) is 5.10 Å². The maximum absolute atomic E-state index is 11.1. The van der Waals surface area contributed by atoms with Gasteiger partial charge in [-0.15, -0.1) is 0 Å². The second kappa shape index (κ2) is 10.2. The van der Waals surface area contributed by atoms with Crippen molar-refractivity contribution >= 4 is 28.3 Å². The van der Waals surface area contributed by atoms with E-state index in [2.05, 4.69) is 20.3 Å². The topological polar surface area (TPSA) is 120 Å². The van der Waals surface area contributed by atoms with Crippen LogP contribution in [0.4, 0.5) is 11.4 Å². The lowest BCUT2D eigenvalue weighted by molar-refractivity contribution is -0.117. The van der Waals surface area contributed by atoms with E-state index in [-0.39, 0.29) is 6.54 Å². The molecule has 1 amide bonds. The van der Waals surface area contributed by atoms with Crippen LogP contribution in [-0.2, 0) is 11.8 Å². The van der Waals surface area contributed by atoms with Gasteiger partial charge in [0.1, 0.15) is 11.5 Å². The summed E-state index contributed by atoms with van der Waals surface area (Å²) in [6, 6.07) is 11.6. The van der Waals surface area contributed by atoms with Crippen LogP contribution in [0.15, 0.2) is 55.0 Å². The van der Waals surface area contributed by atoms with Gasteiger partial charge in [0.05, 0.1) is 49.9 Å². The normalized spacial score (nSPS) is 10.9. The van der Waals surface area contributed by atoms with E-state index in [9.17, 15) is 4.79 Å². The number of nitrogens with zero attached hydrogens (tertiary/aromatic N) is 5. The number of aromatic nitrogens is 4. The number of benzene rings is 2. The summed E-state index contributed by atoms with van der Waals surface area (Å²) < 4.78 is 12.7. The van der Waals surface area contributed by atoms with Crippen LogP contribution < -0.4 is 25.4 Å². The molecule has 10 nitrogen and oxygen atoms in total. The number of nitrogens with one attached hydrogen (secondary N) is 1. The summed E-state index contributed by atoms with van der Waals surface area (Å²) in [5.41, 5.74) is 10.2. The fraction of sp³-hybridized carbons (Fsp3) is 0.250. The number of carbonyl (C=O) groups is 1. The van der Waals surface area contributed by atoms with Crippen molar-refractivity contribution in [1.82, 2.24) is 25.1 Å². The first-order valence-electron chi connectivity index (χ1n) is 10.7. The summed E-state index contributed by atoms with van der Waals surface area (Å²) in [5, 5.41) is 7.29. The average Bonchev–Trinajstić information content (AvgIpc) is 3.29. The highest BCUT2D eigenvalue weighted by Gasteiger charge is 2.14. The van der Waals surface area contributed by atoms with E-state index in [1.807, 2.05) is 49.6 Å². The first-order chi connectivity index (χ1) is 16.5. The molecule has 0 aliphatic carbocycles. The number of rotatable bonds is 10. The van der Waals surface area contributed by atoms with Crippen molar-refractivity contribution < 1.29 is 14.3 Å². The molecular formula is C24H27N7O3. The molecule has 0 unspecified atom stereocenters. The van der Waals surface area contributed by atoms with Crippen molar-refractivity contribution in [2.24, 2.45) is 12.8 Å². The number of primary amides is 1. The highest BCUT2D eigenvalue weighted by Crippen LogP contribution is 2.34. The molecule has 0 spiro atoms. The maximum atomic E-state index is 11.1. The number of amides is 1. The SMILES string of the molecule is COc1cc(OC)cc(N(CCNCC(N)=O)c2ccc3ncc(-c4cnn(C)c4)nc3c2)c1. The molecule has 4 rings (SSSR count). The van der Waals surface area contributed by atoms with Gasteiger partial charge in [-0.3, -0.25) is 14.5 Å². The van der Waals surface area contributed by atoms with Crippen LogP contribution in [0.1, 0.15) is 0 Å². The molecule has 34 heavy (non-hydrogen) atoms. The number of aryl methyl sites for hydroxylation is 1. The largest absolute Gasteiger partial charge is 0.497 e. The first-order valence-corrected chi connectivity index (χ1v) is 10.7. The van der Waals surface area contributed by atoms with E-state index in [1.165, 1.54) is 0 Å². The third-order valence-electron chi connectivity index (χ3n) is 5.30. The molecule has 0 radical (unpaired) electrons. The van der Waals surface area contributed by atoms with Crippen LogP contribution in [0.25, 0.3) is 22.3 Å². The molecule has 0 fully saturated rings. The highest BCUT2D eigenvalue weighted by atomic mass is 16.5. The zero-order chi connectivity index (χ0) is 24.1. The van der Waals surface area contributed by atoms with E-state index >= 15 is 0 Å². The van der Waals surface area contributed by atoms with E-state index in [1.54, 1.807) is 31.3 Å². The Morgan fingerprint density at radius 2 is 1.82 bits per heavy atom. The molecule has 4 aromatic rings. The highest BCUT2D eigenvalue weighted by molar-refractivity contribution is 5.82. The zero-order valence-electron chi connectivity index (χ0n) is 19.4. The van der Waals surface area contributed by atoms with Gasteiger partial charge in [0.15, 0.2) is 0 Å². The van der Waals surface area contributed by atoms with Gasteiger partial charge in [-0.05, 0) is 18.2 Å². The molecular weight excluding hydrogens is 434 g/mol. The van der Waals surface area contributed by atoms with Crippen molar-refractivity contribution in [3.05, 3.63) is 55.0 Å². The van der Waals surface area contributed by atoms with Crippen LogP contribution in [0, 0.1) is 0 Å². The number of carbonyl (C=O) groups excluding carboxylic acids is 1. The fourth-order valence-electron chi connectivity index (χ4n) is 3.62. The Balaban J connectivity index is 1.73. The van der Waals surface area contributed by atoms with Gasteiger partial charge in [-0.25, -0.2) is 4.98 Å². The molecule has 0 saturated carbocycles. The average molecular weight is 462 g/mol. The Morgan fingerprint density at radius 3 is 2.47 bits per heavy atom. The van der Waals surface area contributed by atoms with Crippen LogP contribution >= 0.6 is 0 Å². The minimum atomic E-state index is -0.404. The molecule has 0 atom stereocenters. The van der Waals surface area contributed by atoms with E-state index in [0.29, 0.717) is 24.6 Å². The Kier molecular flexibility index (Phi) is 6.88. The number of anilines is 2. The number of fused-ring (bicyclic) bond motifs is 1.